The van der Waals surface area contributed by atoms with Crippen molar-refractivity contribution in [3.63, 3.8) is 0 Å². The molecule has 3 aromatic rings. The summed E-state index contributed by atoms with van der Waals surface area (Å²) in [5.74, 6) is -0.859. The predicted molar refractivity (Wildman–Crippen MR) is 75.1 cm³/mol. The number of hydrogen-bond acceptors (Lipinski definition) is 3. The van der Waals surface area contributed by atoms with Gasteiger partial charge in [0.15, 0.2) is 0 Å². The van der Waals surface area contributed by atoms with E-state index in [9.17, 15) is 22.7 Å². The normalized spacial score (nSPS) is 13.5. The van der Waals surface area contributed by atoms with Crippen LogP contribution in [0.3, 0.4) is 0 Å². The zero-order chi connectivity index (χ0) is 15.9. The molecular weight excluding hydrogens is 318 g/mol. The van der Waals surface area contributed by atoms with Crippen LogP contribution < -0.4 is 0 Å². The number of fused-ring (bicyclic) bond motifs is 1. The van der Waals surface area contributed by atoms with E-state index in [1.807, 2.05) is 0 Å². The number of aromatic nitrogens is 1. The van der Waals surface area contributed by atoms with Gasteiger partial charge in [-0.2, -0.15) is 24.5 Å². The Morgan fingerprint density at radius 1 is 1.18 bits per heavy atom. The second kappa shape index (κ2) is 5.33. The number of para-hydroxylation sites is 1. The van der Waals surface area contributed by atoms with Gasteiger partial charge in [0.25, 0.3) is 0 Å². The van der Waals surface area contributed by atoms with E-state index in [1.165, 1.54) is 23.5 Å². The molecule has 22 heavy (non-hydrogen) atoms. The van der Waals surface area contributed by atoms with Crippen LogP contribution in [-0.2, 0) is 6.18 Å². The average Bonchev–Trinajstić information content (AvgIpc) is 2.99. The van der Waals surface area contributed by atoms with Crippen LogP contribution in [0.1, 0.15) is 22.9 Å². The highest BCUT2D eigenvalue weighted by atomic mass is 32.1. The average molecular weight is 327 g/mol. The minimum absolute atomic E-state index is 0.0183. The lowest BCUT2D eigenvalue weighted by Gasteiger charge is -2.16. The van der Waals surface area contributed by atoms with E-state index in [-0.39, 0.29) is 10.9 Å². The van der Waals surface area contributed by atoms with Crippen molar-refractivity contribution in [3.05, 3.63) is 63.7 Å². The van der Waals surface area contributed by atoms with Crippen molar-refractivity contribution in [1.82, 2.24) is 4.98 Å². The number of hydrogen-bond donors (Lipinski definition) is 1. The van der Waals surface area contributed by atoms with Crippen LogP contribution in [0, 0.1) is 5.82 Å². The van der Waals surface area contributed by atoms with E-state index in [0.717, 1.165) is 12.1 Å². The first-order chi connectivity index (χ1) is 10.4. The van der Waals surface area contributed by atoms with Crippen LogP contribution >= 0.6 is 11.3 Å². The van der Waals surface area contributed by atoms with Gasteiger partial charge in [0.05, 0.1) is 0 Å². The number of nitrogens with zero attached hydrogens (tertiary/aromatic N) is 1. The zero-order valence-electron chi connectivity index (χ0n) is 10.9. The number of alkyl halides is 3. The van der Waals surface area contributed by atoms with Crippen LogP contribution in [0.25, 0.3) is 10.9 Å². The van der Waals surface area contributed by atoms with Gasteiger partial charge in [-0.3, -0.25) is 0 Å². The molecule has 114 valence electrons. The van der Waals surface area contributed by atoms with Crippen molar-refractivity contribution in [3.8, 4) is 0 Å². The van der Waals surface area contributed by atoms with Crippen molar-refractivity contribution >= 4 is 22.2 Å². The molecule has 0 amide bonds. The Bertz CT molecular complexity index is 814. The Labute approximate surface area is 126 Å². The molecule has 0 fully saturated rings. The lowest BCUT2D eigenvalue weighted by Crippen LogP contribution is -2.11. The summed E-state index contributed by atoms with van der Waals surface area (Å²) in [6.07, 6.45) is -6.00. The first kappa shape index (κ1) is 14.9. The van der Waals surface area contributed by atoms with Gasteiger partial charge in [0, 0.05) is 5.39 Å². The van der Waals surface area contributed by atoms with Gasteiger partial charge < -0.3 is 5.11 Å². The number of rotatable bonds is 2. The maximum atomic E-state index is 13.8. The van der Waals surface area contributed by atoms with E-state index in [0.29, 0.717) is 5.56 Å². The van der Waals surface area contributed by atoms with Crippen LogP contribution in [0.4, 0.5) is 17.6 Å². The highest BCUT2D eigenvalue weighted by Crippen LogP contribution is 2.35. The first-order valence-corrected chi connectivity index (χ1v) is 7.18. The molecule has 7 heteroatoms. The molecule has 1 atom stereocenters. The van der Waals surface area contributed by atoms with E-state index in [2.05, 4.69) is 4.98 Å². The number of pyridine rings is 1. The van der Waals surface area contributed by atoms with Gasteiger partial charge in [-0.05, 0) is 40.1 Å². The van der Waals surface area contributed by atoms with Crippen LogP contribution in [0.5, 0.6) is 0 Å². The molecule has 0 saturated carbocycles. The fraction of sp³-hybridized carbons (Fsp3) is 0.133. The van der Waals surface area contributed by atoms with E-state index in [4.69, 9.17) is 0 Å². The smallest absolute Gasteiger partial charge is 0.384 e. The van der Waals surface area contributed by atoms with Crippen molar-refractivity contribution in [2.75, 3.05) is 0 Å². The number of benzene rings is 1. The second-order valence-electron chi connectivity index (χ2n) is 4.69. The van der Waals surface area contributed by atoms with Gasteiger partial charge in [-0.25, -0.2) is 9.37 Å². The molecule has 1 N–H and O–H groups in total. The van der Waals surface area contributed by atoms with Crippen molar-refractivity contribution in [2.45, 2.75) is 12.3 Å². The standard InChI is InChI=1S/C15H9F4NOS/c16-11-3-1-2-9-10(14(21)8-4-5-22-7-8)6-12(15(17,18)19)20-13(9)11/h1-7,14,21H. The lowest BCUT2D eigenvalue weighted by atomic mass is 9.98. The maximum Gasteiger partial charge on any atom is 0.433 e. The maximum absolute atomic E-state index is 13.8. The molecule has 0 bridgehead atoms. The van der Waals surface area contributed by atoms with Gasteiger partial charge in [0.2, 0.25) is 0 Å². The fourth-order valence-corrected chi connectivity index (χ4v) is 2.90. The SMILES string of the molecule is OC(c1ccsc1)c1cc(C(F)(F)F)nc2c(F)cccc12. The molecule has 0 spiro atoms. The molecule has 0 aliphatic rings. The second-order valence-corrected chi connectivity index (χ2v) is 5.47. The molecule has 3 rings (SSSR count). The highest BCUT2D eigenvalue weighted by Gasteiger charge is 2.34. The Morgan fingerprint density at radius 3 is 2.59 bits per heavy atom. The minimum atomic E-state index is -4.72. The summed E-state index contributed by atoms with van der Waals surface area (Å²) in [6.45, 7) is 0. The third-order valence-electron chi connectivity index (χ3n) is 3.27. The Hall–Kier alpha value is -1.99. The number of thiophene rings is 1. The summed E-state index contributed by atoms with van der Waals surface area (Å²) in [7, 11) is 0. The number of aliphatic hydroxyl groups excluding tert-OH is 1. The predicted octanol–water partition coefficient (Wildman–Crippen LogP) is 4.54. The monoisotopic (exact) mass is 327 g/mol. The Morgan fingerprint density at radius 2 is 1.95 bits per heavy atom. The molecule has 1 unspecified atom stereocenters. The number of halogens is 4. The Balaban J connectivity index is 2.30. The highest BCUT2D eigenvalue weighted by molar-refractivity contribution is 7.08. The quantitative estimate of drug-likeness (QED) is 0.701. The van der Waals surface area contributed by atoms with Crippen molar-refractivity contribution in [2.24, 2.45) is 0 Å². The van der Waals surface area contributed by atoms with Crippen molar-refractivity contribution in [1.29, 1.82) is 0 Å². The summed E-state index contributed by atoms with van der Waals surface area (Å²) < 4.78 is 52.7. The summed E-state index contributed by atoms with van der Waals surface area (Å²) >= 11 is 1.31. The molecule has 0 saturated heterocycles. The molecule has 0 aliphatic carbocycles. The first-order valence-electron chi connectivity index (χ1n) is 6.24. The van der Waals surface area contributed by atoms with E-state index < -0.39 is 29.3 Å². The number of aliphatic hydroxyl groups is 1. The molecule has 2 heterocycles. The van der Waals surface area contributed by atoms with Gasteiger partial charge in [-0.1, -0.05) is 12.1 Å². The molecule has 0 radical (unpaired) electrons. The fourth-order valence-electron chi connectivity index (χ4n) is 2.22. The zero-order valence-corrected chi connectivity index (χ0v) is 11.7. The summed E-state index contributed by atoms with van der Waals surface area (Å²) in [6, 6.07) is 6.22. The molecular formula is C15H9F4NOS. The van der Waals surface area contributed by atoms with Crippen LogP contribution in [-0.4, -0.2) is 10.1 Å². The minimum Gasteiger partial charge on any atom is -0.384 e. The van der Waals surface area contributed by atoms with Crippen LogP contribution in [0.15, 0.2) is 41.1 Å². The lowest BCUT2D eigenvalue weighted by molar-refractivity contribution is -0.141. The van der Waals surface area contributed by atoms with E-state index >= 15 is 0 Å². The largest absolute Gasteiger partial charge is 0.433 e. The molecule has 1 aromatic carbocycles. The van der Waals surface area contributed by atoms with Gasteiger partial charge in [-0.15, -0.1) is 0 Å². The third kappa shape index (κ3) is 2.57. The summed E-state index contributed by atoms with van der Waals surface area (Å²) in [5.41, 5.74) is -1.19. The van der Waals surface area contributed by atoms with Gasteiger partial charge in [0.1, 0.15) is 23.1 Å². The third-order valence-corrected chi connectivity index (χ3v) is 3.97. The summed E-state index contributed by atoms with van der Waals surface area (Å²) in [4.78, 5) is 3.36. The van der Waals surface area contributed by atoms with E-state index in [1.54, 1.807) is 16.8 Å². The molecule has 2 aromatic heterocycles. The van der Waals surface area contributed by atoms with Crippen molar-refractivity contribution < 1.29 is 22.7 Å². The topological polar surface area (TPSA) is 33.1 Å². The summed E-state index contributed by atoms with van der Waals surface area (Å²) in [5, 5.41) is 13.8. The Kier molecular flexibility index (Phi) is 3.62. The van der Waals surface area contributed by atoms with Gasteiger partial charge >= 0.3 is 6.18 Å². The van der Waals surface area contributed by atoms with Crippen LogP contribution in [0.2, 0.25) is 0 Å². The molecule has 0 aliphatic heterocycles. The molecule has 2 nitrogen and oxygen atoms in total.